The maximum Gasteiger partial charge on any atom is 0.418 e. The number of nitrogens with zero attached hydrogens (tertiary/aromatic N) is 2. The average Bonchev–Trinajstić information content (AvgIpc) is 3.63. The molecule has 0 aromatic heterocycles. The summed E-state index contributed by atoms with van der Waals surface area (Å²) in [5.41, 5.74) is -1.85. The molecule has 0 radical (unpaired) electrons. The molecule has 1 saturated heterocycles. The Bertz CT molecular complexity index is 1410. The number of benzene rings is 2. The third kappa shape index (κ3) is 5.18. The molecule has 2 N–H and O–H groups in total. The quantitative estimate of drug-likeness (QED) is 0.478. The van der Waals surface area contributed by atoms with Crippen LogP contribution in [0.3, 0.4) is 0 Å². The average molecular weight is 581 g/mol. The Hall–Kier alpha value is -4.23. The van der Waals surface area contributed by atoms with Crippen molar-refractivity contribution in [3.63, 3.8) is 0 Å². The van der Waals surface area contributed by atoms with Gasteiger partial charge in [-0.3, -0.25) is 9.59 Å². The Kier molecular flexibility index (Phi) is 7.12. The molecule has 41 heavy (non-hydrogen) atoms. The molecule has 2 fully saturated rings. The van der Waals surface area contributed by atoms with Crippen LogP contribution in [0.4, 0.5) is 37.2 Å². The number of amides is 5. The van der Waals surface area contributed by atoms with Crippen LogP contribution in [0.15, 0.2) is 36.4 Å². The fourth-order valence-electron chi connectivity index (χ4n) is 5.44. The second-order valence-corrected chi connectivity index (χ2v) is 10.2. The fourth-order valence-corrected chi connectivity index (χ4v) is 5.44. The highest BCUT2D eigenvalue weighted by molar-refractivity contribution is 6.06. The summed E-state index contributed by atoms with van der Waals surface area (Å²) in [6.45, 7) is -1.56. The van der Waals surface area contributed by atoms with E-state index in [0.717, 1.165) is 12.1 Å². The van der Waals surface area contributed by atoms with Gasteiger partial charge >= 0.3 is 18.3 Å². The second kappa shape index (κ2) is 10.3. The molecule has 2 aromatic rings. The second-order valence-electron chi connectivity index (χ2n) is 10.2. The maximum absolute atomic E-state index is 15.2. The number of urea groups is 1. The highest BCUT2D eigenvalue weighted by Crippen LogP contribution is 2.48. The summed E-state index contributed by atoms with van der Waals surface area (Å²) < 4.78 is 76.4. The van der Waals surface area contributed by atoms with Crippen LogP contribution in [0.2, 0.25) is 0 Å². The molecule has 1 aliphatic heterocycles. The van der Waals surface area contributed by atoms with Crippen molar-refractivity contribution in [1.82, 2.24) is 15.1 Å². The molecule has 0 bridgehead atoms. The SMILES string of the molecule is CNC(=O)Nc1ccc2c(c1F)CCC21OC(=O)N(CC(=O)N(Cc2ccc(F)cc2)[C@@H](C2CC2)C(F)(F)F)C1=O. The van der Waals surface area contributed by atoms with Gasteiger partial charge in [-0.25, -0.2) is 23.3 Å². The lowest BCUT2D eigenvalue weighted by atomic mass is 9.94. The van der Waals surface area contributed by atoms with E-state index in [2.05, 4.69) is 10.6 Å². The van der Waals surface area contributed by atoms with Gasteiger partial charge < -0.3 is 20.3 Å². The summed E-state index contributed by atoms with van der Waals surface area (Å²) in [5, 5.41) is 4.58. The zero-order chi connectivity index (χ0) is 29.7. The minimum absolute atomic E-state index is 0.0250. The smallest absolute Gasteiger partial charge is 0.418 e. The van der Waals surface area contributed by atoms with E-state index in [1.54, 1.807) is 0 Å². The summed E-state index contributed by atoms with van der Waals surface area (Å²) in [5.74, 6) is -4.45. The molecule has 9 nitrogen and oxygen atoms in total. The molecular weight excluding hydrogens is 555 g/mol. The standard InChI is InChI=1S/C27H25F5N4O5/c1-33-24(39)34-19-9-8-18-17(21(19)29)10-11-26(18)23(38)36(25(40)41-26)13-20(37)35(12-14-2-6-16(28)7-3-14)22(15-4-5-15)27(30,31)32/h2-3,6-9,15,22H,4-5,10-13H2,1H3,(H2,33,34,39)/t22-,26?/m0/s1. The number of halogens is 5. The first-order valence-corrected chi connectivity index (χ1v) is 12.8. The van der Waals surface area contributed by atoms with Crippen LogP contribution in [0, 0.1) is 17.6 Å². The van der Waals surface area contributed by atoms with Crippen molar-refractivity contribution < 1.29 is 45.9 Å². The van der Waals surface area contributed by atoms with Gasteiger partial charge in [-0.15, -0.1) is 0 Å². The normalized spacial score (nSPS) is 20.6. The summed E-state index contributed by atoms with van der Waals surface area (Å²) in [6, 6.07) is 4.26. The minimum atomic E-state index is -4.80. The van der Waals surface area contributed by atoms with E-state index < -0.39 is 72.4 Å². The number of hydrogen-bond acceptors (Lipinski definition) is 5. The van der Waals surface area contributed by atoms with Crippen molar-refractivity contribution >= 4 is 29.6 Å². The Labute approximate surface area is 230 Å². The van der Waals surface area contributed by atoms with Crippen molar-refractivity contribution in [2.24, 2.45) is 5.92 Å². The summed E-state index contributed by atoms with van der Waals surface area (Å²) in [7, 11) is 1.34. The molecule has 5 amide bonds. The van der Waals surface area contributed by atoms with Crippen molar-refractivity contribution in [2.75, 3.05) is 18.9 Å². The molecule has 2 aliphatic carbocycles. The molecule has 1 saturated carbocycles. The predicted octanol–water partition coefficient (Wildman–Crippen LogP) is 4.21. The van der Waals surface area contributed by atoms with Gasteiger partial charge in [0.25, 0.3) is 5.91 Å². The molecule has 2 aromatic carbocycles. The van der Waals surface area contributed by atoms with Crippen LogP contribution < -0.4 is 10.6 Å². The first-order valence-electron chi connectivity index (χ1n) is 12.8. The minimum Gasteiger partial charge on any atom is -0.427 e. The third-order valence-electron chi connectivity index (χ3n) is 7.57. The lowest BCUT2D eigenvalue weighted by Gasteiger charge is -2.34. The number of carbonyl (C=O) groups is 4. The number of ether oxygens (including phenoxy) is 1. The number of anilines is 1. The highest BCUT2D eigenvalue weighted by Gasteiger charge is 2.60. The molecule has 14 heteroatoms. The summed E-state index contributed by atoms with van der Waals surface area (Å²) in [6.07, 6.45) is -5.77. The van der Waals surface area contributed by atoms with Gasteiger partial charge in [-0.2, -0.15) is 13.2 Å². The number of alkyl halides is 3. The third-order valence-corrected chi connectivity index (χ3v) is 7.57. The summed E-state index contributed by atoms with van der Waals surface area (Å²) >= 11 is 0. The Balaban J connectivity index is 1.41. The van der Waals surface area contributed by atoms with E-state index in [9.17, 15) is 36.7 Å². The van der Waals surface area contributed by atoms with Crippen molar-refractivity contribution in [3.05, 3.63) is 64.7 Å². The van der Waals surface area contributed by atoms with Crippen LogP contribution in [-0.2, 0) is 32.9 Å². The maximum atomic E-state index is 15.2. The van der Waals surface area contributed by atoms with Crippen LogP contribution in [0.25, 0.3) is 0 Å². The van der Waals surface area contributed by atoms with Crippen molar-refractivity contribution in [3.8, 4) is 0 Å². The van der Waals surface area contributed by atoms with Gasteiger partial charge in [0, 0.05) is 25.6 Å². The summed E-state index contributed by atoms with van der Waals surface area (Å²) in [4.78, 5) is 52.4. The molecule has 218 valence electrons. The van der Waals surface area contributed by atoms with Crippen molar-refractivity contribution in [1.29, 1.82) is 0 Å². The van der Waals surface area contributed by atoms with Gasteiger partial charge in [0.2, 0.25) is 11.5 Å². The number of fused-ring (bicyclic) bond motifs is 2. The van der Waals surface area contributed by atoms with Crippen LogP contribution in [0.5, 0.6) is 0 Å². The number of hydrogen-bond donors (Lipinski definition) is 2. The zero-order valence-corrected chi connectivity index (χ0v) is 21.7. The predicted molar refractivity (Wildman–Crippen MR) is 132 cm³/mol. The largest absolute Gasteiger partial charge is 0.427 e. The fraction of sp³-hybridized carbons (Fsp3) is 0.407. The monoisotopic (exact) mass is 580 g/mol. The van der Waals surface area contributed by atoms with E-state index in [1.165, 1.54) is 31.3 Å². The molecule has 1 heterocycles. The van der Waals surface area contributed by atoms with E-state index in [0.29, 0.717) is 9.80 Å². The van der Waals surface area contributed by atoms with E-state index in [-0.39, 0.29) is 48.1 Å². The van der Waals surface area contributed by atoms with Gasteiger partial charge in [-0.1, -0.05) is 18.2 Å². The Morgan fingerprint density at radius 3 is 2.41 bits per heavy atom. The van der Waals surface area contributed by atoms with Gasteiger partial charge in [0.15, 0.2) is 0 Å². The number of carbonyl (C=O) groups excluding carboxylic acids is 4. The lowest BCUT2D eigenvalue weighted by molar-refractivity contribution is -0.196. The Morgan fingerprint density at radius 2 is 1.80 bits per heavy atom. The van der Waals surface area contributed by atoms with Gasteiger partial charge in [0.1, 0.15) is 24.2 Å². The molecule has 1 spiro atoms. The van der Waals surface area contributed by atoms with Crippen LogP contribution in [-0.4, -0.2) is 59.5 Å². The number of rotatable bonds is 7. The first kappa shape index (κ1) is 28.3. The molecule has 5 rings (SSSR count). The molecule has 1 unspecified atom stereocenters. The van der Waals surface area contributed by atoms with Gasteiger partial charge in [-0.05, 0) is 54.5 Å². The van der Waals surface area contributed by atoms with Gasteiger partial charge in [0.05, 0.1) is 5.69 Å². The Morgan fingerprint density at radius 1 is 1.12 bits per heavy atom. The van der Waals surface area contributed by atoms with Crippen LogP contribution in [0.1, 0.15) is 36.0 Å². The first-order chi connectivity index (χ1) is 19.4. The molecule has 3 aliphatic rings. The topological polar surface area (TPSA) is 108 Å². The van der Waals surface area contributed by atoms with E-state index in [1.807, 2.05) is 0 Å². The van der Waals surface area contributed by atoms with Crippen LogP contribution >= 0.6 is 0 Å². The molecular formula is C27H25F5N4O5. The number of imide groups is 1. The van der Waals surface area contributed by atoms with E-state index in [4.69, 9.17) is 4.74 Å². The van der Waals surface area contributed by atoms with E-state index >= 15 is 4.39 Å². The highest BCUT2D eigenvalue weighted by atomic mass is 19.4. The molecule has 2 atom stereocenters. The zero-order valence-electron chi connectivity index (χ0n) is 21.7. The number of nitrogens with one attached hydrogen (secondary N) is 2. The van der Waals surface area contributed by atoms with Crippen molar-refractivity contribution in [2.45, 2.75) is 50.0 Å². The lowest BCUT2D eigenvalue weighted by Crippen LogP contribution is -2.53.